The number of rotatable bonds is 1. The Morgan fingerprint density at radius 1 is 1.62 bits per heavy atom. The highest BCUT2D eigenvalue weighted by Crippen LogP contribution is 2.29. The molecular weight excluding hydrogens is 206 g/mol. The summed E-state index contributed by atoms with van der Waals surface area (Å²) in [6.07, 6.45) is 0.261. The standard InChI is InChI=1S/C11H19N3O2/c1-10(2,3)16-9(15)14-5-4-11(6-12,7-13)8-14/h4-6,8,12H2,1-3H3. The van der Waals surface area contributed by atoms with Gasteiger partial charge in [-0.05, 0) is 27.2 Å². The lowest BCUT2D eigenvalue weighted by Gasteiger charge is -2.25. The number of nitrogens with two attached hydrogens (primary N) is 1. The Morgan fingerprint density at radius 3 is 2.62 bits per heavy atom. The number of hydrogen-bond acceptors (Lipinski definition) is 4. The number of likely N-dealkylation sites (tertiary alicyclic amines) is 1. The maximum Gasteiger partial charge on any atom is 0.410 e. The highest BCUT2D eigenvalue weighted by Gasteiger charge is 2.40. The summed E-state index contributed by atoms with van der Waals surface area (Å²) in [4.78, 5) is 13.3. The molecule has 0 aromatic rings. The van der Waals surface area contributed by atoms with E-state index in [9.17, 15) is 4.79 Å². The van der Waals surface area contributed by atoms with Crippen LogP contribution >= 0.6 is 0 Å². The van der Waals surface area contributed by atoms with E-state index in [0.717, 1.165) is 0 Å². The minimum Gasteiger partial charge on any atom is -0.444 e. The highest BCUT2D eigenvalue weighted by atomic mass is 16.6. The summed E-state index contributed by atoms with van der Waals surface area (Å²) in [5.74, 6) is 0. The largest absolute Gasteiger partial charge is 0.444 e. The fourth-order valence-electron chi connectivity index (χ4n) is 1.66. The first-order chi connectivity index (χ1) is 7.32. The van der Waals surface area contributed by atoms with Crippen LogP contribution < -0.4 is 5.73 Å². The average Bonchev–Trinajstić information content (AvgIpc) is 2.60. The number of ether oxygens (including phenoxy) is 1. The van der Waals surface area contributed by atoms with E-state index < -0.39 is 11.0 Å². The maximum atomic E-state index is 11.7. The van der Waals surface area contributed by atoms with Crippen LogP contribution in [0, 0.1) is 16.7 Å². The number of carbonyl (C=O) groups is 1. The van der Waals surface area contributed by atoms with Gasteiger partial charge in [-0.3, -0.25) is 0 Å². The predicted octanol–water partition coefficient (Wildman–Crippen LogP) is 1.10. The molecule has 1 saturated heterocycles. The zero-order valence-corrected chi connectivity index (χ0v) is 10.1. The lowest BCUT2D eigenvalue weighted by molar-refractivity contribution is 0.0282. The van der Waals surface area contributed by atoms with Crippen LogP contribution in [0.2, 0.25) is 0 Å². The van der Waals surface area contributed by atoms with Crippen molar-refractivity contribution in [1.82, 2.24) is 4.90 Å². The Morgan fingerprint density at radius 2 is 2.25 bits per heavy atom. The molecule has 5 nitrogen and oxygen atoms in total. The van der Waals surface area contributed by atoms with Crippen molar-refractivity contribution in [3.05, 3.63) is 0 Å². The van der Waals surface area contributed by atoms with Crippen molar-refractivity contribution in [1.29, 1.82) is 5.26 Å². The lowest BCUT2D eigenvalue weighted by Crippen LogP contribution is -2.38. The Kier molecular flexibility index (Phi) is 3.44. The van der Waals surface area contributed by atoms with Crippen LogP contribution in [0.1, 0.15) is 27.2 Å². The minimum atomic E-state index is -0.586. The molecule has 1 atom stereocenters. The van der Waals surface area contributed by atoms with E-state index in [2.05, 4.69) is 6.07 Å². The Bertz CT molecular complexity index is 316. The van der Waals surface area contributed by atoms with Crippen molar-refractivity contribution in [2.24, 2.45) is 11.1 Å². The third-order valence-corrected chi connectivity index (χ3v) is 2.63. The van der Waals surface area contributed by atoms with Gasteiger partial charge in [-0.25, -0.2) is 4.79 Å². The molecule has 1 fully saturated rings. The first-order valence-corrected chi connectivity index (χ1v) is 5.41. The molecule has 1 heterocycles. The summed E-state index contributed by atoms with van der Waals surface area (Å²) < 4.78 is 5.24. The van der Waals surface area contributed by atoms with Gasteiger partial charge >= 0.3 is 6.09 Å². The lowest BCUT2D eigenvalue weighted by atomic mass is 9.89. The van der Waals surface area contributed by atoms with Crippen LogP contribution in [0.5, 0.6) is 0 Å². The van der Waals surface area contributed by atoms with Crippen LogP contribution in [-0.4, -0.2) is 36.2 Å². The molecular formula is C11H19N3O2. The molecule has 16 heavy (non-hydrogen) atoms. The van der Waals surface area contributed by atoms with Crippen LogP contribution in [0.4, 0.5) is 4.79 Å². The average molecular weight is 225 g/mol. The quantitative estimate of drug-likeness (QED) is 0.724. The summed E-state index contributed by atoms with van der Waals surface area (Å²) in [5.41, 5.74) is 4.48. The molecule has 1 aliphatic heterocycles. The molecule has 90 valence electrons. The molecule has 1 amide bonds. The summed E-state index contributed by atoms with van der Waals surface area (Å²) >= 11 is 0. The molecule has 0 aromatic carbocycles. The van der Waals surface area contributed by atoms with Crippen molar-refractivity contribution in [3.63, 3.8) is 0 Å². The second-order valence-electron chi connectivity index (χ2n) is 5.25. The van der Waals surface area contributed by atoms with E-state index in [1.54, 1.807) is 4.90 Å². The summed E-state index contributed by atoms with van der Waals surface area (Å²) in [6.45, 7) is 6.65. The monoisotopic (exact) mass is 225 g/mol. The van der Waals surface area contributed by atoms with Gasteiger partial charge in [0, 0.05) is 19.6 Å². The van der Waals surface area contributed by atoms with Crippen molar-refractivity contribution >= 4 is 6.09 Å². The van der Waals surface area contributed by atoms with Gasteiger partial charge in [0.25, 0.3) is 0 Å². The van der Waals surface area contributed by atoms with E-state index in [0.29, 0.717) is 19.5 Å². The van der Waals surface area contributed by atoms with Crippen LogP contribution in [0.3, 0.4) is 0 Å². The van der Waals surface area contributed by atoms with Gasteiger partial charge in [-0.15, -0.1) is 0 Å². The van der Waals surface area contributed by atoms with Crippen LogP contribution in [0.15, 0.2) is 0 Å². The maximum absolute atomic E-state index is 11.7. The van der Waals surface area contributed by atoms with Crippen molar-refractivity contribution < 1.29 is 9.53 Å². The number of carbonyl (C=O) groups excluding carboxylic acids is 1. The molecule has 0 bridgehead atoms. The van der Waals surface area contributed by atoms with Crippen molar-refractivity contribution in [3.8, 4) is 6.07 Å². The van der Waals surface area contributed by atoms with Gasteiger partial charge in [0.05, 0.1) is 11.5 Å². The third-order valence-electron chi connectivity index (χ3n) is 2.63. The molecule has 1 aliphatic rings. The van der Waals surface area contributed by atoms with Gasteiger partial charge < -0.3 is 15.4 Å². The van der Waals surface area contributed by atoms with E-state index in [4.69, 9.17) is 15.7 Å². The zero-order chi connectivity index (χ0) is 12.4. The number of hydrogen-bond donors (Lipinski definition) is 1. The zero-order valence-electron chi connectivity index (χ0n) is 10.1. The fourth-order valence-corrected chi connectivity index (χ4v) is 1.66. The summed E-state index contributed by atoms with van der Waals surface area (Å²) in [6, 6.07) is 2.20. The van der Waals surface area contributed by atoms with Crippen LogP contribution in [0.25, 0.3) is 0 Å². The molecule has 0 radical (unpaired) electrons. The molecule has 5 heteroatoms. The summed E-state index contributed by atoms with van der Waals surface area (Å²) in [7, 11) is 0. The van der Waals surface area contributed by atoms with E-state index in [-0.39, 0.29) is 12.6 Å². The van der Waals surface area contributed by atoms with Gasteiger partial charge in [-0.1, -0.05) is 0 Å². The van der Waals surface area contributed by atoms with E-state index in [1.165, 1.54) is 0 Å². The first-order valence-electron chi connectivity index (χ1n) is 5.41. The second kappa shape index (κ2) is 4.30. The fraction of sp³-hybridized carbons (Fsp3) is 0.818. The Labute approximate surface area is 96.2 Å². The second-order valence-corrected chi connectivity index (χ2v) is 5.25. The minimum absolute atomic E-state index is 0.281. The van der Waals surface area contributed by atoms with Crippen LogP contribution in [-0.2, 0) is 4.74 Å². The van der Waals surface area contributed by atoms with Crippen molar-refractivity contribution in [2.45, 2.75) is 32.8 Å². The molecule has 0 spiro atoms. The number of nitriles is 1. The van der Waals surface area contributed by atoms with Gasteiger partial charge in [0.15, 0.2) is 0 Å². The Balaban J connectivity index is 2.60. The van der Waals surface area contributed by atoms with E-state index >= 15 is 0 Å². The van der Waals surface area contributed by atoms with Crippen molar-refractivity contribution in [2.75, 3.05) is 19.6 Å². The molecule has 0 saturated carbocycles. The normalized spacial score (nSPS) is 25.3. The highest BCUT2D eigenvalue weighted by molar-refractivity contribution is 5.68. The number of amides is 1. The molecule has 1 rings (SSSR count). The SMILES string of the molecule is CC(C)(C)OC(=O)N1CCC(C#N)(CN)C1. The third kappa shape index (κ3) is 2.86. The smallest absolute Gasteiger partial charge is 0.410 e. The van der Waals surface area contributed by atoms with E-state index in [1.807, 2.05) is 20.8 Å². The Hall–Kier alpha value is -1.28. The topological polar surface area (TPSA) is 79.3 Å². The molecule has 1 unspecified atom stereocenters. The first kappa shape index (κ1) is 12.8. The molecule has 2 N–H and O–H groups in total. The summed E-state index contributed by atoms with van der Waals surface area (Å²) in [5, 5.41) is 9.04. The number of nitrogens with zero attached hydrogens (tertiary/aromatic N) is 2. The van der Waals surface area contributed by atoms with Gasteiger partial charge in [0.2, 0.25) is 0 Å². The van der Waals surface area contributed by atoms with Gasteiger partial charge in [-0.2, -0.15) is 5.26 Å². The molecule has 0 aliphatic carbocycles. The van der Waals surface area contributed by atoms with Gasteiger partial charge in [0.1, 0.15) is 5.60 Å². The predicted molar refractivity (Wildman–Crippen MR) is 59.5 cm³/mol. The molecule has 0 aromatic heterocycles.